The van der Waals surface area contributed by atoms with E-state index in [4.69, 9.17) is 4.74 Å². The highest BCUT2D eigenvalue weighted by Crippen LogP contribution is 2.09. The smallest absolute Gasteiger partial charge is 0.251 e. The first-order valence-electron chi connectivity index (χ1n) is 5.64. The Kier molecular flexibility index (Phi) is 6.22. The maximum atomic E-state index is 11.8. The minimum absolute atomic E-state index is 0.0458. The molecule has 17 heavy (non-hydrogen) atoms. The van der Waals surface area contributed by atoms with Gasteiger partial charge in [0.25, 0.3) is 5.91 Å². The van der Waals surface area contributed by atoms with Crippen LogP contribution in [-0.4, -0.2) is 31.0 Å². The van der Waals surface area contributed by atoms with Gasteiger partial charge in [0.05, 0.1) is 13.2 Å². The van der Waals surface area contributed by atoms with Crippen LogP contribution in [-0.2, 0) is 4.74 Å². The fraction of sp³-hybridized carbons (Fsp3) is 0.462. The minimum Gasteiger partial charge on any atom is -0.379 e. The zero-order valence-electron chi connectivity index (χ0n) is 10.3. The number of rotatable bonds is 6. The number of ether oxygens (including phenoxy) is 1. The predicted molar refractivity (Wildman–Crippen MR) is 72.9 cm³/mol. The molecule has 0 heterocycles. The molecule has 1 rings (SSSR count). The van der Waals surface area contributed by atoms with Crippen LogP contribution in [0.1, 0.15) is 21.5 Å². The molecule has 4 heteroatoms. The molecule has 0 aliphatic rings. The van der Waals surface area contributed by atoms with Crippen molar-refractivity contribution in [1.29, 1.82) is 0 Å². The maximum Gasteiger partial charge on any atom is 0.251 e. The van der Waals surface area contributed by atoms with Crippen LogP contribution in [0, 0.1) is 13.8 Å². The molecule has 1 aromatic carbocycles. The number of benzene rings is 1. The minimum atomic E-state index is -0.0458. The van der Waals surface area contributed by atoms with Gasteiger partial charge in [-0.25, -0.2) is 0 Å². The van der Waals surface area contributed by atoms with Crippen LogP contribution in [0.4, 0.5) is 0 Å². The molecular weight excluding hydrogens is 282 g/mol. The Hall–Kier alpha value is -0.870. The molecule has 0 bridgehead atoms. The van der Waals surface area contributed by atoms with E-state index >= 15 is 0 Å². The van der Waals surface area contributed by atoms with Gasteiger partial charge in [0.15, 0.2) is 0 Å². The van der Waals surface area contributed by atoms with Crippen LogP contribution in [0.5, 0.6) is 0 Å². The molecule has 1 aromatic rings. The number of halogens is 1. The van der Waals surface area contributed by atoms with E-state index in [0.29, 0.717) is 25.3 Å². The molecule has 3 nitrogen and oxygen atoms in total. The lowest BCUT2D eigenvalue weighted by Crippen LogP contribution is -2.27. The van der Waals surface area contributed by atoms with Crippen LogP contribution < -0.4 is 5.32 Å². The van der Waals surface area contributed by atoms with Gasteiger partial charge in [0.1, 0.15) is 0 Å². The third kappa shape index (κ3) is 4.88. The summed E-state index contributed by atoms with van der Waals surface area (Å²) in [5, 5.41) is 3.64. The first kappa shape index (κ1) is 14.2. The van der Waals surface area contributed by atoms with Gasteiger partial charge in [-0.1, -0.05) is 22.0 Å². The van der Waals surface area contributed by atoms with Gasteiger partial charge in [-0.2, -0.15) is 0 Å². The van der Waals surface area contributed by atoms with Crippen LogP contribution in [0.3, 0.4) is 0 Å². The fourth-order valence-electron chi connectivity index (χ4n) is 1.38. The number of amides is 1. The van der Waals surface area contributed by atoms with Crippen molar-refractivity contribution in [1.82, 2.24) is 5.32 Å². The highest BCUT2D eigenvalue weighted by Gasteiger charge is 2.05. The standard InChI is InChI=1S/C13H18BrNO2/c1-10-3-4-12(9-11(10)2)13(16)15-6-8-17-7-5-14/h3-4,9H,5-8H2,1-2H3,(H,15,16). The van der Waals surface area contributed by atoms with Crippen molar-refractivity contribution in [2.75, 3.05) is 25.1 Å². The van der Waals surface area contributed by atoms with Crippen LogP contribution in [0.25, 0.3) is 0 Å². The van der Waals surface area contributed by atoms with E-state index in [2.05, 4.69) is 21.2 Å². The Bertz CT molecular complexity index is 380. The Balaban J connectivity index is 2.39. The molecule has 0 aliphatic heterocycles. The monoisotopic (exact) mass is 299 g/mol. The van der Waals surface area contributed by atoms with Gasteiger partial charge < -0.3 is 10.1 Å². The summed E-state index contributed by atoms with van der Waals surface area (Å²) in [6.45, 7) is 5.79. The Morgan fingerprint density at radius 3 is 2.71 bits per heavy atom. The summed E-state index contributed by atoms with van der Waals surface area (Å²) in [4.78, 5) is 11.8. The largest absolute Gasteiger partial charge is 0.379 e. The lowest BCUT2D eigenvalue weighted by Gasteiger charge is -2.07. The summed E-state index contributed by atoms with van der Waals surface area (Å²) < 4.78 is 5.25. The van der Waals surface area contributed by atoms with Crippen molar-refractivity contribution < 1.29 is 9.53 Å². The van der Waals surface area contributed by atoms with E-state index in [-0.39, 0.29) is 5.91 Å². The van der Waals surface area contributed by atoms with E-state index < -0.39 is 0 Å². The third-order valence-corrected chi connectivity index (χ3v) is 2.85. The molecule has 0 aliphatic carbocycles. The SMILES string of the molecule is Cc1ccc(C(=O)NCCOCCBr)cc1C. The van der Waals surface area contributed by atoms with Crippen molar-refractivity contribution in [3.63, 3.8) is 0 Å². The molecule has 0 fully saturated rings. The third-order valence-electron chi connectivity index (χ3n) is 2.52. The van der Waals surface area contributed by atoms with E-state index in [0.717, 1.165) is 10.9 Å². The molecule has 0 spiro atoms. The van der Waals surface area contributed by atoms with Crippen molar-refractivity contribution in [2.45, 2.75) is 13.8 Å². The number of hydrogen-bond donors (Lipinski definition) is 1. The molecule has 0 unspecified atom stereocenters. The second kappa shape index (κ2) is 7.45. The number of carbonyl (C=O) groups is 1. The Labute approximate surface area is 111 Å². The van der Waals surface area contributed by atoms with E-state index in [1.807, 2.05) is 32.0 Å². The summed E-state index contributed by atoms with van der Waals surface area (Å²) in [7, 11) is 0. The van der Waals surface area contributed by atoms with Gasteiger partial charge in [0.2, 0.25) is 0 Å². The molecule has 0 saturated carbocycles. The molecule has 0 radical (unpaired) electrons. The molecule has 1 amide bonds. The first-order valence-corrected chi connectivity index (χ1v) is 6.76. The van der Waals surface area contributed by atoms with Crippen LogP contribution >= 0.6 is 15.9 Å². The van der Waals surface area contributed by atoms with E-state index in [9.17, 15) is 4.79 Å². The van der Waals surface area contributed by atoms with Crippen molar-refractivity contribution in [3.05, 3.63) is 34.9 Å². The summed E-state index contributed by atoms with van der Waals surface area (Å²) in [5.41, 5.74) is 3.03. The lowest BCUT2D eigenvalue weighted by atomic mass is 10.1. The quantitative estimate of drug-likeness (QED) is 0.647. The number of hydrogen-bond acceptors (Lipinski definition) is 2. The predicted octanol–water partition coefficient (Wildman–Crippen LogP) is 2.44. The van der Waals surface area contributed by atoms with Crippen molar-refractivity contribution >= 4 is 21.8 Å². The molecule has 0 aromatic heterocycles. The maximum absolute atomic E-state index is 11.8. The highest BCUT2D eigenvalue weighted by atomic mass is 79.9. The van der Waals surface area contributed by atoms with Crippen LogP contribution in [0.15, 0.2) is 18.2 Å². The van der Waals surface area contributed by atoms with Gasteiger partial charge in [-0.3, -0.25) is 4.79 Å². The number of alkyl halides is 1. The van der Waals surface area contributed by atoms with Gasteiger partial charge in [-0.05, 0) is 37.1 Å². The normalized spacial score (nSPS) is 10.3. The summed E-state index contributed by atoms with van der Waals surface area (Å²) in [6, 6.07) is 5.71. The first-order chi connectivity index (χ1) is 8.15. The average molecular weight is 300 g/mol. The molecule has 94 valence electrons. The number of aryl methyl sites for hydroxylation is 2. The topological polar surface area (TPSA) is 38.3 Å². The van der Waals surface area contributed by atoms with Gasteiger partial charge >= 0.3 is 0 Å². The fourth-order valence-corrected chi connectivity index (χ4v) is 1.61. The zero-order chi connectivity index (χ0) is 12.7. The zero-order valence-corrected chi connectivity index (χ0v) is 11.8. The van der Waals surface area contributed by atoms with Gasteiger partial charge in [-0.15, -0.1) is 0 Å². The van der Waals surface area contributed by atoms with Crippen LogP contribution in [0.2, 0.25) is 0 Å². The van der Waals surface area contributed by atoms with Crippen molar-refractivity contribution in [2.24, 2.45) is 0 Å². The Morgan fingerprint density at radius 1 is 1.29 bits per heavy atom. The molecule has 1 N–H and O–H groups in total. The molecule has 0 saturated heterocycles. The van der Waals surface area contributed by atoms with Crippen molar-refractivity contribution in [3.8, 4) is 0 Å². The summed E-state index contributed by atoms with van der Waals surface area (Å²) in [6.07, 6.45) is 0. The van der Waals surface area contributed by atoms with E-state index in [1.54, 1.807) is 0 Å². The lowest BCUT2D eigenvalue weighted by molar-refractivity contribution is 0.0924. The van der Waals surface area contributed by atoms with E-state index in [1.165, 1.54) is 5.56 Å². The Morgan fingerprint density at radius 2 is 2.06 bits per heavy atom. The summed E-state index contributed by atoms with van der Waals surface area (Å²) >= 11 is 3.27. The highest BCUT2D eigenvalue weighted by molar-refractivity contribution is 9.09. The number of nitrogens with one attached hydrogen (secondary N) is 1. The second-order valence-electron chi connectivity index (χ2n) is 3.86. The molecular formula is C13H18BrNO2. The summed E-state index contributed by atoms with van der Waals surface area (Å²) in [5.74, 6) is -0.0458. The molecule has 0 atom stereocenters. The second-order valence-corrected chi connectivity index (χ2v) is 4.65. The number of carbonyl (C=O) groups excluding carboxylic acids is 1. The average Bonchev–Trinajstić information content (AvgIpc) is 2.32. The van der Waals surface area contributed by atoms with Gasteiger partial charge in [0, 0.05) is 17.4 Å².